The molecule has 0 bridgehead atoms. The van der Waals surface area contributed by atoms with Crippen LogP contribution in [0.1, 0.15) is 19.4 Å². The second kappa shape index (κ2) is 7.14. The molecule has 0 fully saturated rings. The molecule has 0 aliphatic carbocycles. The summed E-state index contributed by atoms with van der Waals surface area (Å²) in [5, 5.41) is 14.8. The third-order valence-corrected chi connectivity index (χ3v) is 3.53. The number of carboxylic acid groups (broad SMARTS) is 1. The van der Waals surface area contributed by atoms with Gasteiger partial charge in [-0.1, -0.05) is 31.5 Å². The van der Waals surface area contributed by atoms with Crippen LogP contribution in [0, 0.1) is 18.8 Å². The molecule has 0 spiro atoms. The normalized spacial score (nSPS) is 12.1. The number of urea groups is 1. The molecule has 0 saturated carbocycles. The van der Waals surface area contributed by atoms with E-state index in [0.717, 1.165) is 5.56 Å². The van der Waals surface area contributed by atoms with E-state index in [9.17, 15) is 9.59 Å². The van der Waals surface area contributed by atoms with E-state index in [0.29, 0.717) is 10.7 Å². The molecule has 1 aromatic rings. The van der Waals surface area contributed by atoms with E-state index in [1.54, 1.807) is 39.0 Å². The highest BCUT2D eigenvalue weighted by molar-refractivity contribution is 6.31. The number of nitrogens with one attached hydrogen (secondary N) is 2. The summed E-state index contributed by atoms with van der Waals surface area (Å²) in [6.07, 6.45) is 0. The van der Waals surface area contributed by atoms with Gasteiger partial charge in [-0.2, -0.15) is 0 Å². The zero-order valence-corrected chi connectivity index (χ0v) is 12.5. The summed E-state index contributed by atoms with van der Waals surface area (Å²) in [5.41, 5.74) is 1.37. The van der Waals surface area contributed by atoms with Gasteiger partial charge in [0, 0.05) is 17.3 Å². The molecule has 6 heteroatoms. The molecule has 1 aromatic carbocycles. The summed E-state index contributed by atoms with van der Waals surface area (Å²) in [6.45, 7) is 5.49. The van der Waals surface area contributed by atoms with Crippen LogP contribution in [-0.4, -0.2) is 23.7 Å². The number of aliphatic carboxylic acids is 1. The Kier molecular flexibility index (Phi) is 5.82. The number of carbonyl (C=O) groups is 2. The van der Waals surface area contributed by atoms with Crippen molar-refractivity contribution in [3.05, 3.63) is 28.8 Å². The van der Waals surface area contributed by atoms with Crippen molar-refractivity contribution in [2.24, 2.45) is 11.8 Å². The van der Waals surface area contributed by atoms with Crippen molar-refractivity contribution in [2.75, 3.05) is 11.9 Å². The molecule has 0 aliphatic heterocycles. The standard InChI is InChI=1S/C14H19ClN2O3/c1-8(2)10(13(18)19)7-16-14(20)17-12-6-4-5-11(15)9(12)3/h4-6,8,10H,7H2,1-3H3,(H,18,19)(H2,16,17,20). The first-order valence-electron chi connectivity index (χ1n) is 6.35. The van der Waals surface area contributed by atoms with Gasteiger partial charge in [-0.3, -0.25) is 4.79 Å². The van der Waals surface area contributed by atoms with Crippen LogP contribution in [0.25, 0.3) is 0 Å². The molecular formula is C14H19ClN2O3. The van der Waals surface area contributed by atoms with Crippen LogP contribution < -0.4 is 10.6 Å². The maximum absolute atomic E-state index is 11.8. The molecule has 1 unspecified atom stereocenters. The Morgan fingerprint density at radius 2 is 2.00 bits per heavy atom. The van der Waals surface area contributed by atoms with Crippen LogP contribution in [0.3, 0.4) is 0 Å². The molecule has 3 N–H and O–H groups in total. The quantitative estimate of drug-likeness (QED) is 0.781. The van der Waals surface area contributed by atoms with Gasteiger partial charge >= 0.3 is 12.0 Å². The molecule has 0 saturated heterocycles. The van der Waals surface area contributed by atoms with Gasteiger partial charge < -0.3 is 15.7 Å². The molecular weight excluding hydrogens is 280 g/mol. The Balaban J connectivity index is 2.60. The van der Waals surface area contributed by atoms with Gasteiger partial charge in [0.05, 0.1) is 5.92 Å². The zero-order valence-electron chi connectivity index (χ0n) is 11.7. The third kappa shape index (κ3) is 4.42. The van der Waals surface area contributed by atoms with Crippen molar-refractivity contribution >= 4 is 29.3 Å². The van der Waals surface area contributed by atoms with E-state index >= 15 is 0 Å². The predicted molar refractivity (Wildman–Crippen MR) is 79.2 cm³/mol. The van der Waals surface area contributed by atoms with Crippen LogP contribution >= 0.6 is 11.6 Å². The monoisotopic (exact) mass is 298 g/mol. The number of benzene rings is 1. The second-order valence-corrected chi connectivity index (χ2v) is 5.34. The smallest absolute Gasteiger partial charge is 0.319 e. The van der Waals surface area contributed by atoms with Gasteiger partial charge in [-0.05, 0) is 30.5 Å². The number of halogens is 1. The number of hydrogen-bond acceptors (Lipinski definition) is 2. The highest BCUT2D eigenvalue weighted by Crippen LogP contribution is 2.22. The largest absolute Gasteiger partial charge is 0.481 e. The maximum atomic E-state index is 11.8. The fraction of sp³-hybridized carbons (Fsp3) is 0.429. The van der Waals surface area contributed by atoms with Crippen molar-refractivity contribution in [1.29, 1.82) is 0 Å². The SMILES string of the molecule is Cc1c(Cl)cccc1NC(=O)NCC(C(=O)O)C(C)C. The van der Waals surface area contributed by atoms with Crippen molar-refractivity contribution < 1.29 is 14.7 Å². The Labute approximate surface area is 123 Å². The van der Waals surface area contributed by atoms with Gasteiger partial charge in [-0.15, -0.1) is 0 Å². The van der Waals surface area contributed by atoms with Gasteiger partial charge in [0.2, 0.25) is 0 Å². The highest BCUT2D eigenvalue weighted by Gasteiger charge is 2.22. The Morgan fingerprint density at radius 3 is 2.55 bits per heavy atom. The lowest BCUT2D eigenvalue weighted by molar-refractivity contribution is -0.142. The third-order valence-electron chi connectivity index (χ3n) is 3.12. The Bertz CT molecular complexity index is 503. The van der Waals surface area contributed by atoms with Crippen molar-refractivity contribution in [2.45, 2.75) is 20.8 Å². The number of anilines is 1. The minimum absolute atomic E-state index is 0.0549. The predicted octanol–water partition coefficient (Wildman–Crippen LogP) is 3.13. The van der Waals surface area contributed by atoms with Crippen molar-refractivity contribution in [3.8, 4) is 0 Å². The summed E-state index contributed by atoms with van der Waals surface area (Å²) in [4.78, 5) is 22.8. The van der Waals surface area contributed by atoms with Gasteiger partial charge in [0.1, 0.15) is 0 Å². The Hall–Kier alpha value is -1.75. The molecule has 1 atom stereocenters. The van der Waals surface area contributed by atoms with E-state index in [2.05, 4.69) is 10.6 Å². The summed E-state index contributed by atoms with van der Waals surface area (Å²) in [7, 11) is 0. The van der Waals surface area contributed by atoms with Gasteiger partial charge in [0.25, 0.3) is 0 Å². The number of carboxylic acids is 1. The van der Waals surface area contributed by atoms with Crippen LogP contribution in [0.15, 0.2) is 18.2 Å². The van der Waals surface area contributed by atoms with E-state index in [4.69, 9.17) is 16.7 Å². The lowest BCUT2D eigenvalue weighted by Gasteiger charge is -2.17. The lowest BCUT2D eigenvalue weighted by atomic mass is 9.96. The summed E-state index contributed by atoms with van der Waals surface area (Å²) in [5.74, 6) is -1.58. The summed E-state index contributed by atoms with van der Waals surface area (Å²) >= 11 is 5.96. The van der Waals surface area contributed by atoms with Crippen molar-refractivity contribution in [1.82, 2.24) is 5.32 Å². The molecule has 0 heterocycles. The molecule has 20 heavy (non-hydrogen) atoms. The molecule has 5 nitrogen and oxygen atoms in total. The van der Waals surface area contributed by atoms with Crippen LogP contribution in [0.2, 0.25) is 5.02 Å². The van der Waals surface area contributed by atoms with Crippen LogP contribution in [0.5, 0.6) is 0 Å². The average molecular weight is 299 g/mol. The second-order valence-electron chi connectivity index (χ2n) is 4.94. The molecule has 1 rings (SSSR count). The van der Waals surface area contributed by atoms with Crippen LogP contribution in [0.4, 0.5) is 10.5 Å². The molecule has 110 valence electrons. The number of carbonyl (C=O) groups excluding carboxylic acids is 1. The number of amides is 2. The number of hydrogen-bond donors (Lipinski definition) is 3. The molecule has 0 aromatic heterocycles. The molecule has 2 amide bonds. The lowest BCUT2D eigenvalue weighted by Crippen LogP contribution is -2.37. The van der Waals surface area contributed by atoms with E-state index in [1.807, 2.05) is 0 Å². The minimum Gasteiger partial charge on any atom is -0.481 e. The minimum atomic E-state index is -0.917. The highest BCUT2D eigenvalue weighted by atomic mass is 35.5. The van der Waals surface area contributed by atoms with Gasteiger partial charge in [-0.25, -0.2) is 4.79 Å². The fourth-order valence-electron chi connectivity index (χ4n) is 1.72. The first-order valence-corrected chi connectivity index (χ1v) is 6.73. The maximum Gasteiger partial charge on any atom is 0.319 e. The summed E-state index contributed by atoms with van der Waals surface area (Å²) < 4.78 is 0. The first kappa shape index (κ1) is 16.3. The first-order chi connectivity index (χ1) is 9.32. The van der Waals surface area contributed by atoms with Gasteiger partial charge in [0.15, 0.2) is 0 Å². The topological polar surface area (TPSA) is 78.4 Å². The molecule has 0 radical (unpaired) electrons. The van der Waals surface area contributed by atoms with E-state index in [-0.39, 0.29) is 12.5 Å². The van der Waals surface area contributed by atoms with Crippen molar-refractivity contribution in [3.63, 3.8) is 0 Å². The number of rotatable bonds is 5. The zero-order chi connectivity index (χ0) is 15.3. The van der Waals surface area contributed by atoms with E-state index in [1.165, 1.54) is 0 Å². The van der Waals surface area contributed by atoms with E-state index < -0.39 is 17.9 Å². The fourth-order valence-corrected chi connectivity index (χ4v) is 1.89. The summed E-state index contributed by atoms with van der Waals surface area (Å²) in [6, 6.07) is 4.76. The molecule has 0 aliphatic rings. The Morgan fingerprint density at radius 1 is 1.35 bits per heavy atom. The average Bonchev–Trinajstić information content (AvgIpc) is 2.34. The van der Waals surface area contributed by atoms with Crippen LogP contribution in [-0.2, 0) is 4.79 Å².